The van der Waals surface area contributed by atoms with E-state index in [-0.39, 0.29) is 24.3 Å². The van der Waals surface area contributed by atoms with Gasteiger partial charge in [0.05, 0.1) is 19.9 Å². The highest BCUT2D eigenvalue weighted by Crippen LogP contribution is 2.35. The van der Waals surface area contributed by atoms with Crippen molar-refractivity contribution in [3.8, 4) is 17.2 Å². The summed E-state index contributed by atoms with van der Waals surface area (Å²) in [6, 6.07) is 19.6. The summed E-state index contributed by atoms with van der Waals surface area (Å²) >= 11 is 0. The maximum absolute atomic E-state index is 13.2. The molecule has 4 rings (SSSR count). The van der Waals surface area contributed by atoms with Crippen molar-refractivity contribution in [2.45, 2.75) is 45.8 Å². The average molecular weight is 502 g/mol. The number of pyridine rings is 1. The fraction of sp³-hybridized carbons (Fsp3) is 0.333. The number of hydrogen-bond acceptors (Lipinski definition) is 5. The summed E-state index contributed by atoms with van der Waals surface area (Å²) < 4.78 is 19.2. The van der Waals surface area contributed by atoms with Crippen LogP contribution in [0.1, 0.15) is 49.9 Å². The average Bonchev–Trinajstić information content (AvgIpc) is 3.35. The molecule has 194 valence electrons. The molecule has 0 radical (unpaired) electrons. The van der Waals surface area contributed by atoms with E-state index in [4.69, 9.17) is 19.2 Å². The van der Waals surface area contributed by atoms with Gasteiger partial charge < -0.3 is 23.9 Å². The van der Waals surface area contributed by atoms with Crippen molar-refractivity contribution in [3.05, 3.63) is 89.9 Å². The van der Waals surface area contributed by atoms with Gasteiger partial charge >= 0.3 is 0 Å². The highest BCUT2D eigenvalue weighted by Gasteiger charge is 2.25. The first-order valence-electron chi connectivity index (χ1n) is 12.5. The van der Waals surface area contributed by atoms with Gasteiger partial charge in [0, 0.05) is 36.8 Å². The molecule has 2 atom stereocenters. The van der Waals surface area contributed by atoms with E-state index in [1.807, 2.05) is 84.4 Å². The number of imidazole rings is 1. The number of nitrogens with zero attached hydrogens (tertiary/aromatic N) is 2. The molecule has 7 nitrogen and oxygen atoms in total. The number of nitrogens with one attached hydrogen (secondary N) is 1. The SMILES string of the molecule is COc1cc(OC)cc([C@H](CC(=O)N[C@H](C)C(C)C)c2cnc3c(OCc4ccccc4)cccn23)c1. The van der Waals surface area contributed by atoms with Crippen LogP contribution in [-0.4, -0.2) is 35.6 Å². The maximum Gasteiger partial charge on any atom is 0.221 e. The Kier molecular flexibility index (Phi) is 8.33. The van der Waals surface area contributed by atoms with Crippen LogP contribution in [0.2, 0.25) is 0 Å². The molecule has 0 saturated heterocycles. The quantitative estimate of drug-likeness (QED) is 0.289. The summed E-state index contributed by atoms with van der Waals surface area (Å²) in [5, 5.41) is 3.14. The second-order valence-electron chi connectivity index (χ2n) is 9.53. The molecule has 7 heteroatoms. The normalized spacial score (nSPS) is 12.8. The number of fused-ring (bicyclic) bond motifs is 1. The number of aromatic nitrogens is 2. The van der Waals surface area contributed by atoms with Crippen molar-refractivity contribution >= 4 is 11.6 Å². The minimum atomic E-state index is -0.289. The number of rotatable bonds is 11. The van der Waals surface area contributed by atoms with Crippen LogP contribution in [0.5, 0.6) is 17.2 Å². The van der Waals surface area contributed by atoms with Crippen molar-refractivity contribution in [1.82, 2.24) is 14.7 Å². The van der Waals surface area contributed by atoms with E-state index in [9.17, 15) is 4.79 Å². The van der Waals surface area contributed by atoms with Crippen LogP contribution in [0.4, 0.5) is 0 Å². The lowest BCUT2D eigenvalue weighted by Crippen LogP contribution is -2.36. The fourth-order valence-electron chi connectivity index (χ4n) is 4.20. The third-order valence-electron chi connectivity index (χ3n) is 6.68. The molecule has 0 saturated carbocycles. The lowest BCUT2D eigenvalue weighted by Gasteiger charge is -2.22. The lowest BCUT2D eigenvalue weighted by atomic mass is 9.91. The molecule has 37 heavy (non-hydrogen) atoms. The first kappa shape index (κ1) is 26.1. The lowest BCUT2D eigenvalue weighted by molar-refractivity contribution is -0.122. The molecule has 0 spiro atoms. The van der Waals surface area contributed by atoms with E-state index in [0.717, 1.165) is 16.8 Å². The zero-order chi connectivity index (χ0) is 26.4. The molecular formula is C30H35N3O4. The van der Waals surface area contributed by atoms with Gasteiger partial charge in [0.15, 0.2) is 11.4 Å². The van der Waals surface area contributed by atoms with Crippen LogP contribution in [0.25, 0.3) is 5.65 Å². The topological polar surface area (TPSA) is 74.1 Å². The summed E-state index contributed by atoms with van der Waals surface area (Å²) in [7, 11) is 3.24. The molecule has 0 aliphatic heterocycles. The van der Waals surface area contributed by atoms with E-state index in [0.29, 0.717) is 35.4 Å². The van der Waals surface area contributed by atoms with E-state index in [2.05, 4.69) is 19.2 Å². The van der Waals surface area contributed by atoms with Crippen LogP contribution >= 0.6 is 0 Å². The van der Waals surface area contributed by atoms with E-state index in [1.54, 1.807) is 14.2 Å². The summed E-state index contributed by atoms with van der Waals surface area (Å²) in [5.41, 5.74) is 3.56. The van der Waals surface area contributed by atoms with Crippen molar-refractivity contribution in [2.75, 3.05) is 14.2 Å². The number of carbonyl (C=O) groups excluding carboxylic acids is 1. The second-order valence-corrected chi connectivity index (χ2v) is 9.53. The molecule has 0 bridgehead atoms. The molecule has 0 aliphatic rings. The first-order valence-corrected chi connectivity index (χ1v) is 12.5. The van der Waals surface area contributed by atoms with Crippen molar-refractivity contribution in [2.24, 2.45) is 5.92 Å². The number of hydrogen-bond donors (Lipinski definition) is 1. The summed E-state index contributed by atoms with van der Waals surface area (Å²) in [6.07, 6.45) is 4.02. The Hall–Kier alpha value is -4.00. The van der Waals surface area contributed by atoms with Crippen LogP contribution in [0, 0.1) is 5.92 Å². The van der Waals surface area contributed by atoms with Crippen molar-refractivity contribution in [1.29, 1.82) is 0 Å². The number of methoxy groups -OCH3 is 2. The smallest absolute Gasteiger partial charge is 0.221 e. The Morgan fingerprint density at radius 1 is 0.973 bits per heavy atom. The molecule has 0 fully saturated rings. The highest BCUT2D eigenvalue weighted by molar-refractivity contribution is 5.78. The number of amides is 1. The minimum Gasteiger partial charge on any atom is -0.497 e. The van der Waals surface area contributed by atoms with Gasteiger partial charge in [0.2, 0.25) is 5.91 Å². The molecule has 4 aromatic rings. The Morgan fingerprint density at radius 2 is 1.68 bits per heavy atom. The van der Waals surface area contributed by atoms with Crippen LogP contribution in [0.15, 0.2) is 73.1 Å². The number of ether oxygens (including phenoxy) is 3. The Bertz CT molecular complexity index is 1310. The highest BCUT2D eigenvalue weighted by atomic mass is 16.5. The predicted octanol–water partition coefficient (Wildman–Crippen LogP) is 5.61. The molecule has 1 N–H and O–H groups in total. The molecule has 0 unspecified atom stereocenters. The first-order chi connectivity index (χ1) is 17.9. The van der Waals surface area contributed by atoms with Gasteiger partial charge in [-0.2, -0.15) is 0 Å². The van der Waals surface area contributed by atoms with Crippen molar-refractivity contribution in [3.63, 3.8) is 0 Å². The fourth-order valence-corrected chi connectivity index (χ4v) is 4.20. The van der Waals surface area contributed by atoms with E-state index >= 15 is 0 Å². The van der Waals surface area contributed by atoms with Gasteiger partial charge in [-0.1, -0.05) is 44.2 Å². The summed E-state index contributed by atoms with van der Waals surface area (Å²) in [4.78, 5) is 17.9. The zero-order valence-electron chi connectivity index (χ0n) is 22.1. The monoisotopic (exact) mass is 501 g/mol. The van der Waals surface area contributed by atoms with Gasteiger partial charge in [-0.3, -0.25) is 4.79 Å². The maximum atomic E-state index is 13.2. The van der Waals surface area contributed by atoms with Crippen LogP contribution < -0.4 is 19.5 Å². The zero-order valence-corrected chi connectivity index (χ0v) is 22.1. The standard InChI is InChI=1S/C30H35N3O4/c1-20(2)21(3)32-29(34)17-26(23-14-24(35-4)16-25(15-23)36-5)27-18-31-30-28(12-9-13-33(27)30)37-19-22-10-7-6-8-11-22/h6-16,18,20-21,26H,17,19H2,1-5H3,(H,32,34)/t21-,26+/m1/s1. The molecule has 2 aromatic carbocycles. The van der Waals surface area contributed by atoms with Crippen LogP contribution in [-0.2, 0) is 11.4 Å². The van der Waals surface area contributed by atoms with Gasteiger partial charge in [0.25, 0.3) is 0 Å². The van der Waals surface area contributed by atoms with Gasteiger partial charge in [-0.25, -0.2) is 4.98 Å². The third kappa shape index (κ3) is 6.23. The van der Waals surface area contributed by atoms with Crippen LogP contribution in [0.3, 0.4) is 0 Å². The minimum absolute atomic E-state index is 0.0283. The molecule has 0 aliphatic carbocycles. The predicted molar refractivity (Wildman–Crippen MR) is 144 cm³/mol. The van der Waals surface area contributed by atoms with E-state index < -0.39 is 0 Å². The van der Waals surface area contributed by atoms with Gasteiger partial charge in [0.1, 0.15) is 18.1 Å². The van der Waals surface area contributed by atoms with E-state index in [1.165, 1.54) is 0 Å². The molecular weight excluding hydrogens is 466 g/mol. The van der Waals surface area contributed by atoms with Crippen molar-refractivity contribution < 1.29 is 19.0 Å². The Morgan fingerprint density at radius 3 is 2.32 bits per heavy atom. The summed E-state index contributed by atoms with van der Waals surface area (Å²) in [6.45, 7) is 6.65. The molecule has 2 aromatic heterocycles. The number of carbonyl (C=O) groups is 1. The number of benzene rings is 2. The largest absolute Gasteiger partial charge is 0.497 e. The van der Waals surface area contributed by atoms with Gasteiger partial charge in [-0.05, 0) is 48.2 Å². The second kappa shape index (κ2) is 11.8. The van der Waals surface area contributed by atoms with Gasteiger partial charge in [-0.15, -0.1) is 0 Å². The molecule has 1 amide bonds. The Balaban J connectivity index is 1.72. The molecule has 2 heterocycles. The summed E-state index contributed by atoms with van der Waals surface area (Å²) in [5.74, 6) is 2.02. The third-order valence-corrected chi connectivity index (χ3v) is 6.68. The Labute approximate surface area is 218 Å².